The van der Waals surface area contributed by atoms with Crippen molar-refractivity contribution in [3.8, 4) is 6.07 Å². The molecule has 2 aromatic carbocycles. The molecule has 1 aliphatic heterocycles. The van der Waals surface area contributed by atoms with Crippen LogP contribution in [0, 0.1) is 17.2 Å². The topological polar surface area (TPSA) is 135 Å². The van der Waals surface area contributed by atoms with Gasteiger partial charge in [-0.3, -0.25) is 14.4 Å². The van der Waals surface area contributed by atoms with Crippen LogP contribution in [0.15, 0.2) is 53.1 Å². The van der Waals surface area contributed by atoms with Crippen LogP contribution in [0.5, 0.6) is 0 Å². The number of methoxy groups -OCH3 is 2. The van der Waals surface area contributed by atoms with E-state index in [1.807, 2.05) is 6.07 Å². The van der Waals surface area contributed by atoms with E-state index in [0.29, 0.717) is 16.3 Å². The van der Waals surface area contributed by atoms with Gasteiger partial charge in [0.2, 0.25) is 11.8 Å². The fraction of sp³-hybridized carbons (Fsp3) is 0.208. The number of nitrogens with one attached hydrogen (secondary N) is 2. The summed E-state index contributed by atoms with van der Waals surface area (Å²) in [7, 11) is 2.38. The van der Waals surface area contributed by atoms with Crippen molar-refractivity contribution in [3.63, 3.8) is 0 Å². The summed E-state index contributed by atoms with van der Waals surface area (Å²) in [6, 6.07) is 12.6. The Kier molecular flexibility index (Phi) is 8.98. The number of hydrogen-bond donors (Lipinski definition) is 2. The summed E-state index contributed by atoms with van der Waals surface area (Å²) in [6.07, 6.45) is 0. The van der Waals surface area contributed by atoms with Crippen molar-refractivity contribution in [2.75, 3.05) is 25.3 Å². The number of amides is 2. The Bertz CT molecular complexity index is 1290. The van der Waals surface area contributed by atoms with E-state index < -0.39 is 35.6 Å². The molecule has 36 heavy (non-hydrogen) atoms. The fourth-order valence-corrected chi connectivity index (χ4v) is 4.68. The lowest BCUT2D eigenvalue weighted by Gasteiger charge is -2.31. The summed E-state index contributed by atoms with van der Waals surface area (Å²) in [5, 5.41) is 15.9. The number of allylic oxidation sites excluding steroid dienone is 1. The maximum Gasteiger partial charge on any atom is 0.337 e. The SMILES string of the molecule is COC(=O)c1ccc([C@H]2C(C#N)=C(SCC(=O)Nc3ccc(Cl)c(Cl)c3)NC(=O)[C@H]2C(=O)OC)cc1. The molecule has 3 rings (SSSR count). The first-order valence-corrected chi connectivity index (χ1v) is 12.0. The van der Waals surface area contributed by atoms with Gasteiger partial charge in [-0.1, -0.05) is 47.1 Å². The van der Waals surface area contributed by atoms with Crippen molar-refractivity contribution in [3.05, 3.63) is 74.2 Å². The zero-order valence-corrected chi connectivity index (χ0v) is 21.3. The largest absolute Gasteiger partial charge is 0.468 e. The molecule has 2 aromatic rings. The second-order valence-corrected chi connectivity index (χ2v) is 9.20. The number of nitrogens with zero attached hydrogens (tertiary/aromatic N) is 1. The van der Waals surface area contributed by atoms with E-state index in [0.717, 1.165) is 18.9 Å². The van der Waals surface area contributed by atoms with Crippen LogP contribution in [-0.4, -0.2) is 43.7 Å². The second-order valence-electron chi connectivity index (χ2n) is 7.40. The molecule has 9 nitrogen and oxygen atoms in total. The molecule has 1 aliphatic rings. The molecule has 0 spiro atoms. The maximum absolute atomic E-state index is 12.9. The van der Waals surface area contributed by atoms with E-state index in [2.05, 4.69) is 10.6 Å². The Hall–Kier alpha value is -3.52. The van der Waals surface area contributed by atoms with Gasteiger partial charge in [0.05, 0.1) is 52.3 Å². The Morgan fingerprint density at radius 3 is 2.36 bits per heavy atom. The van der Waals surface area contributed by atoms with Crippen molar-refractivity contribution in [2.24, 2.45) is 5.92 Å². The van der Waals surface area contributed by atoms with Crippen LogP contribution in [0.2, 0.25) is 10.0 Å². The molecule has 186 valence electrons. The minimum absolute atomic E-state index is 0.0724. The number of hydrogen-bond acceptors (Lipinski definition) is 8. The minimum atomic E-state index is -1.34. The third kappa shape index (κ3) is 5.99. The lowest BCUT2D eigenvalue weighted by atomic mass is 9.78. The zero-order chi connectivity index (χ0) is 26.4. The van der Waals surface area contributed by atoms with Gasteiger partial charge in [-0.2, -0.15) is 5.26 Å². The molecule has 0 radical (unpaired) electrons. The van der Waals surface area contributed by atoms with Gasteiger partial charge in [0.25, 0.3) is 0 Å². The van der Waals surface area contributed by atoms with Gasteiger partial charge in [-0.15, -0.1) is 0 Å². The van der Waals surface area contributed by atoms with E-state index in [4.69, 9.17) is 32.7 Å². The third-order valence-corrected chi connectivity index (χ3v) is 6.98. The summed E-state index contributed by atoms with van der Waals surface area (Å²) >= 11 is 12.8. The molecule has 1 heterocycles. The van der Waals surface area contributed by atoms with E-state index in [1.165, 1.54) is 43.5 Å². The molecule has 2 amide bonds. The number of nitriles is 1. The van der Waals surface area contributed by atoms with Gasteiger partial charge >= 0.3 is 11.9 Å². The number of ether oxygens (including phenoxy) is 2. The summed E-state index contributed by atoms with van der Waals surface area (Å²) in [6.45, 7) is 0. The number of rotatable bonds is 7. The Morgan fingerprint density at radius 1 is 1.08 bits per heavy atom. The van der Waals surface area contributed by atoms with E-state index in [1.54, 1.807) is 6.07 Å². The van der Waals surface area contributed by atoms with E-state index in [-0.39, 0.29) is 26.9 Å². The summed E-state index contributed by atoms with van der Waals surface area (Å²) < 4.78 is 9.50. The van der Waals surface area contributed by atoms with Gasteiger partial charge in [0.15, 0.2) is 0 Å². The van der Waals surface area contributed by atoms with Crippen LogP contribution >= 0.6 is 35.0 Å². The van der Waals surface area contributed by atoms with Gasteiger partial charge in [0.1, 0.15) is 5.92 Å². The molecule has 2 atom stereocenters. The minimum Gasteiger partial charge on any atom is -0.468 e. The summed E-state index contributed by atoms with van der Waals surface area (Å²) in [5.41, 5.74) is 1.18. The Labute approximate surface area is 220 Å². The van der Waals surface area contributed by atoms with Crippen LogP contribution in [-0.2, 0) is 23.9 Å². The van der Waals surface area contributed by atoms with Crippen molar-refractivity contribution < 1.29 is 28.7 Å². The van der Waals surface area contributed by atoms with Crippen LogP contribution in [0.3, 0.4) is 0 Å². The monoisotopic (exact) mass is 547 g/mol. The van der Waals surface area contributed by atoms with Crippen molar-refractivity contribution in [1.29, 1.82) is 5.26 Å². The molecular weight excluding hydrogens is 529 g/mol. The first-order valence-electron chi connectivity index (χ1n) is 10.3. The molecule has 0 fully saturated rings. The highest BCUT2D eigenvalue weighted by Crippen LogP contribution is 2.40. The fourth-order valence-electron chi connectivity index (χ4n) is 3.53. The third-order valence-electron chi connectivity index (χ3n) is 5.23. The van der Waals surface area contributed by atoms with E-state index in [9.17, 15) is 24.4 Å². The number of anilines is 1. The Balaban J connectivity index is 1.90. The number of benzene rings is 2. The highest BCUT2D eigenvalue weighted by atomic mass is 35.5. The molecule has 0 saturated carbocycles. The average molecular weight is 548 g/mol. The first-order chi connectivity index (χ1) is 17.2. The van der Waals surface area contributed by atoms with Crippen LogP contribution in [0.25, 0.3) is 0 Å². The maximum atomic E-state index is 12.9. The molecule has 0 saturated heterocycles. The molecule has 0 aromatic heterocycles. The van der Waals surface area contributed by atoms with Crippen molar-refractivity contribution in [1.82, 2.24) is 5.32 Å². The summed E-state index contributed by atoms with van der Waals surface area (Å²) in [5.74, 6) is -5.00. The average Bonchev–Trinajstić information content (AvgIpc) is 2.88. The molecule has 2 N–H and O–H groups in total. The van der Waals surface area contributed by atoms with Gasteiger partial charge in [0, 0.05) is 11.6 Å². The van der Waals surface area contributed by atoms with Crippen LogP contribution in [0.4, 0.5) is 5.69 Å². The number of thioether (sulfide) groups is 1. The second kappa shape index (κ2) is 11.9. The van der Waals surface area contributed by atoms with Crippen molar-refractivity contribution >= 4 is 64.4 Å². The van der Waals surface area contributed by atoms with Crippen LogP contribution in [0.1, 0.15) is 21.8 Å². The first kappa shape index (κ1) is 27.1. The summed E-state index contributed by atoms with van der Waals surface area (Å²) in [4.78, 5) is 49.7. The molecule has 0 unspecified atom stereocenters. The van der Waals surface area contributed by atoms with Gasteiger partial charge in [-0.25, -0.2) is 4.79 Å². The molecule has 12 heteroatoms. The standard InChI is InChI=1S/C24H19Cl2N3O6S/c1-34-23(32)13-5-3-12(4-6-13)19-15(10-27)22(29-21(31)20(19)24(33)35-2)36-11-18(30)28-14-7-8-16(25)17(26)9-14/h3-9,19-20H,11H2,1-2H3,(H,28,30)(H,29,31)/t19-,20-/m0/s1. The highest BCUT2D eigenvalue weighted by molar-refractivity contribution is 8.03. The van der Waals surface area contributed by atoms with Crippen LogP contribution < -0.4 is 10.6 Å². The predicted octanol–water partition coefficient (Wildman–Crippen LogP) is 3.89. The predicted molar refractivity (Wildman–Crippen MR) is 134 cm³/mol. The van der Waals surface area contributed by atoms with Gasteiger partial charge in [-0.05, 0) is 35.9 Å². The van der Waals surface area contributed by atoms with Crippen molar-refractivity contribution in [2.45, 2.75) is 5.92 Å². The number of carbonyl (C=O) groups is 4. The quantitative estimate of drug-likeness (QED) is 0.393. The smallest absolute Gasteiger partial charge is 0.337 e. The highest BCUT2D eigenvalue weighted by Gasteiger charge is 2.44. The van der Waals surface area contributed by atoms with Gasteiger partial charge < -0.3 is 20.1 Å². The molecule has 0 aliphatic carbocycles. The lowest BCUT2D eigenvalue weighted by Crippen LogP contribution is -2.44. The molecular formula is C24H19Cl2N3O6S. The number of esters is 2. The van der Waals surface area contributed by atoms with E-state index >= 15 is 0 Å². The normalized spacial score (nSPS) is 17.0. The molecule has 0 bridgehead atoms. The number of carbonyl (C=O) groups excluding carboxylic acids is 4. The lowest BCUT2D eigenvalue weighted by molar-refractivity contribution is -0.150. The number of halogens is 2. The Morgan fingerprint density at radius 2 is 1.78 bits per heavy atom. The zero-order valence-electron chi connectivity index (χ0n) is 19.0.